The summed E-state index contributed by atoms with van der Waals surface area (Å²) in [6.45, 7) is 16.0. The van der Waals surface area contributed by atoms with Gasteiger partial charge in [0.15, 0.2) is 6.10 Å². The number of hydrogen-bond acceptors (Lipinski definition) is 43. The third kappa shape index (κ3) is 57.7. The Kier molecular flexibility index (Phi) is 69.9. The first kappa shape index (κ1) is 114. The van der Waals surface area contributed by atoms with Gasteiger partial charge >= 0.3 is 24.1 Å². The summed E-state index contributed by atoms with van der Waals surface area (Å²) in [4.78, 5) is 96.7. The van der Waals surface area contributed by atoms with Crippen LogP contribution in [0.5, 0.6) is 11.5 Å². The maximum Gasteiger partial charge on any atom is 0.373 e. The van der Waals surface area contributed by atoms with Gasteiger partial charge in [0.05, 0.1) is 295 Å². The average molecular weight is 1840 g/mol. The Morgan fingerprint density at radius 3 is 0.976 bits per heavy atom. The molecule has 0 bridgehead atoms. The molecule has 2 fully saturated rings. The lowest BCUT2D eigenvalue weighted by atomic mass is 9.99. The summed E-state index contributed by atoms with van der Waals surface area (Å²) in [5.41, 5.74) is 0.822. The largest absolute Gasteiger partial charge is 0.479 e. The van der Waals surface area contributed by atoms with Crippen molar-refractivity contribution in [1.82, 2.24) is 15.5 Å². The topological polar surface area (TPSA) is 590 Å². The van der Waals surface area contributed by atoms with Crippen LogP contribution in [0.3, 0.4) is 0 Å². The minimum atomic E-state index is -1.96. The zero-order chi connectivity index (χ0) is 92.2. The van der Waals surface area contributed by atoms with Crippen molar-refractivity contribution in [3.63, 3.8) is 0 Å². The number of hydrogen-bond donors (Lipinski definition) is 10. The van der Waals surface area contributed by atoms with Crippen molar-refractivity contribution < 1.29 is 207 Å². The van der Waals surface area contributed by atoms with Crippen molar-refractivity contribution in [2.45, 2.75) is 82.4 Å². The minimum absolute atomic E-state index is 0.0169. The molecule has 2 saturated heterocycles. The van der Waals surface area contributed by atoms with Crippen molar-refractivity contribution in [2.75, 3.05) is 317 Å². The summed E-state index contributed by atoms with van der Waals surface area (Å²) in [6.07, 6.45) is -15.1. The van der Waals surface area contributed by atoms with Crippen molar-refractivity contribution in [3.8, 4) is 11.5 Å². The fraction of sp³-hybridized carbons (Fsp3) is 0.762. The molecule has 0 aliphatic carbocycles. The Balaban J connectivity index is 0.0000137. The second-order valence-corrected chi connectivity index (χ2v) is 26.6. The first-order valence-electron chi connectivity index (χ1n) is 41.5. The maximum absolute atomic E-state index is 13.4. The van der Waals surface area contributed by atoms with Gasteiger partial charge in [-0.1, -0.05) is 12.1 Å². The highest BCUT2D eigenvalue weighted by Gasteiger charge is 2.48. The molecule has 0 unspecified atom stereocenters. The number of carbonyl (C=O) groups is 6. The van der Waals surface area contributed by atoms with Crippen LogP contribution in [0.15, 0.2) is 36.4 Å². The predicted molar refractivity (Wildman–Crippen MR) is 431 cm³/mol. The van der Waals surface area contributed by atoms with E-state index in [-0.39, 0.29) is 206 Å². The lowest BCUT2D eigenvalue weighted by Crippen LogP contribution is -2.61. The summed E-state index contributed by atoms with van der Waals surface area (Å²) in [7, 11) is 0. The maximum atomic E-state index is 13.4. The molecule has 2 aromatic carbocycles. The summed E-state index contributed by atoms with van der Waals surface area (Å²) in [5, 5.41) is 75.9. The summed E-state index contributed by atoms with van der Waals surface area (Å²) < 4.78 is 149. The smallest absolute Gasteiger partial charge is 0.373 e. The number of nitrogens with one attached hydrogen (secondary N) is 2. The van der Waals surface area contributed by atoms with Crippen molar-refractivity contribution in [2.24, 2.45) is 5.90 Å². The molecule has 2 aromatic rings. The van der Waals surface area contributed by atoms with E-state index in [1.54, 1.807) is 11.0 Å². The highest BCUT2D eigenvalue weighted by molar-refractivity contribution is 5.97. The molecular weight excluding hydrogens is 1700 g/mol. The predicted octanol–water partition coefficient (Wildman–Crippen LogP) is -4.45. The zero-order valence-electron chi connectivity index (χ0n) is 72.4. The number of aliphatic hydroxyl groups excluding tert-OH is 6. The molecule has 0 spiro atoms. The standard InChI is InChI=1S/C79H132N4O41.CO2/c1-59(84)118-55-61-3-5-66(122-78-72(91)69(88)65(86)57-120-78)63(53-61)75(93)81-7-11-97-15-19-101-23-27-105-29-25-103-21-17-99-13-9-83(68(87)58-117-50-49-115-46-45-113-42-41-111-38-37-109-34-33-107-31-32-108-35-36-110-39-40-112-43-44-114-47-48-116-51-52-121-80)10-14-100-18-22-104-26-30-106-28-24-102-20-16-98-12-8-82-76(94)64-54-62(56-119-60(2)85)4-6-67(64)123-79-73(92)70(89)71(90)74(124-79)77(95)96;2-1-3/h3-6,53-54,65,69-74,78-79,86,88-92H,7-52,55-58,80H2,1-2H3,(H,81,93)(H,82,94)(H,95,96);/t65-,69+,70+,71+,72-,73-,74+,78+,79-;/m1./s1. The van der Waals surface area contributed by atoms with Crippen LogP contribution in [-0.4, -0.2) is 455 Å². The van der Waals surface area contributed by atoms with E-state index in [0.29, 0.717) is 170 Å². The number of esters is 2. The molecule has 11 N–H and O–H groups in total. The molecule has 730 valence electrons. The Morgan fingerprint density at radius 2 is 0.669 bits per heavy atom. The Morgan fingerprint density at radius 1 is 0.386 bits per heavy atom. The van der Waals surface area contributed by atoms with Gasteiger partial charge in [-0.05, 0) is 35.4 Å². The molecule has 9 atom stereocenters. The van der Waals surface area contributed by atoms with Crippen LogP contribution in [0.2, 0.25) is 0 Å². The van der Waals surface area contributed by atoms with Crippen LogP contribution in [-0.2, 0) is 165 Å². The number of aliphatic hydroxyl groups is 6. The quantitative estimate of drug-likeness (QED) is 0.0170. The van der Waals surface area contributed by atoms with E-state index in [0.717, 1.165) is 0 Å². The van der Waals surface area contributed by atoms with Crippen LogP contribution in [0.4, 0.5) is 0 Å². The molecule has 3 amide bonds. The third-order valence-corrected chi connectivity index (χ3v) is 16.9. The van der Waals surface area contributed by atoms with Crippen LogP contribution in [0.25, 0.3) is 0 Å². The summed E-state index contributed by atoms with van der Waals surface area (Å²) >= 11 is 0. The summed E-state index contributed by atoms with van der Waals surface area (Å²) in [5.74, 6) is 0.570. The van der Waals surface area contributed by atoms with Gasteiger partial charge in [0.2, 0.25) is 18.5 Å². The minimum Gasteiger partial charge on any atom is -0.479 e. The molecule has 0 saturated carbocycles. The molecule has 2 aliphatic heterocycles. The number of carbonyl (C=O) groups excluding carboxylic acids is 7. The van der Waals surface area contributed by atoms with Gasteiger partial charge in [0.25, 0.3) is 11.8 Å². The van der Waals surface area contributed by atoms with E-state index in [4.69, 9.17) is 143 Å². The number of benzene rings is 2. The average Bonchev–Trinajstić information content (AvgIpc) is 0.802. The molecule has 0 aromatic heterocycles. The highest BCUT2D eigenvalue weighted by atomic mass is 16.7. The molecule has 0 radical (unpaired) electrons. The van der Waals surface area contributed by atoms with Crippen LogP contribution < -0.4 is 26.0 Å². The lowest BCUT2D eigenvalue weighted by Gasteiger charge is -2.38. The van der Waals surface area contributed by atoms with Crippen molar-refractivity contribution >= 4 is 41.8 Å². The highest BCUT2D eigenvalue weighted by Crippen LogP contribution is 2.29. The molecule has 4 rings (SSSR count). The van der Waals surface area contributed by atoms with E-state index >= 15 is 0 Å². The second kappa shape index (κ2) is 77.7. The third-order valence-electron chi connectivity index (χ3n) is 16.9. The number of aliphatic carboxylic acids is 1. The number of carboxylic acids is 1. The second-order valence-electron chi connectivity index (χ2n) is 26.6. The SMILES string of the molecule is CC(=O)OCc1ccc(O[C@@H]2O[C@H](C(=O)O)[C@@H](O)[C@H](O)[C@H]2O)c(C(=O)NCCOCCOCCOCCOCCOCCN(CCOCCOCCOCCOCCOCCNC(=O)c2cc(COC(C)=O)ccc2O[C@@H]2OC[C@@H](O)[C@H](O)[C@H]2O)C(=O)COCCOCCOCCOCCOCCOCCOCCOCCOCCOCCOCCON)c1.O=C=O. The summed E-state index contributed by atoms with van der Waals surface area (Å²) in [6, 6.07) is 8.59. The number of rotatable bonds is 82. The van der Waals surface area contributed by atoms with E-state index in [2.05, 4.69) is 15.5 Å². The molecule has 127 heavy (non-hydrogen) atoms. The molecule has 2 aliphatic rings. The number of amides is 3. The fourth-order valence-corrected chi connectivity index (χ4v) is 10.4. The number of nitrogens with two attached hydrogens (primary N) is 1. The van der Waals surface area contributed by atoms with Gasteiger partial charge in [0, 0.05) is 40.0 Å². The van der Waals surface area contributed by atoms with Crippen LogP contribution >= 0.6 is 0 Å². The monoisotopic (exact) mass is 1840 g/mol. The first-order chi connectivity index (χ1) is 61.8. The van der Waals surface area contributed by atoms with Crippen LogP contribution in [0.1, 0.15) is 45.7 Å². The van der Waals surface area contributed by atoms with Gasteiger partial charge in [-0.3, -0.25) is 24.0 Å². The van der Waals surface area contributed by atoms with Gasteiger partial charge in [0.1, 0.15) is 67.9 Å². The van der Waals surface area contributed by atoms with E-state index in [9.17, 15) is 64.5 Å². The fourth-order valence-electron chi connectivity index (χ4n) is 10.4. The van der Waals surface area contributed by atoms with E-state index in [1.807, 2.05) is 0 Å². The van der Waals surface area contributed by atoms with Gasteiger partial charge in [-0.15, -0.1) is 0 Å². The van der Waals surface area contributed by atoms with E-state index in [1.165, 1.54) is 44.2 Å². The Bertz CT molecular complexity index is 3160. The Labute approximate surface area is 736 Å². The molecular formula is C80H132N4O43. The van der Waals surface area contributed by atoms with Gasteiger partial charge < -0.3 is 184 Å². The van der Waals surface area contributed by atoms with Crippen molar-refractivity contribution in [3.05, 3.63) is 58.7 Å². The Hall–Kier alpha value is -7.00. The van der Waals surface area contributed by atoms with Gasteiger partial charge in [-0.2, -0.15) is 9.59 Å². The van der Waals surface area contributed by atoms with Crippen molar-refractivity contribution in [1.29, 1.82) is 0 Å². The molecule has 47 nitrogen and oxygen atoms in total. The number of carboxylic acid groups (broad SMARTS) is 1. The molecule has 47 heteroatoms. The first-order valence-corrected chi connectivity index (χ1v) is 41.5. The molecule has 2 heterocycles. The normalized spacial score (nSPS) is 17.9. The number of nitrogens with zero attached hydrogens (tertiary/aromatic N) is 1. The van der Waals surface area contributed by atoms with Crippen LogP contribution in [0, 0.1) is 0 Å². The lowest BCUT2D eigenvalue weighted by molar-refractivity contribution is -0.271. The zero-order valence-corrected chi connectivity index (χ0v) is 72.4. The number of ether oxygens (including phenoxy) is 27. The van der Waals surface area contributed by atoms with Gasteiger partial charge in [-0.25, -0.2) is 10.7 Å². The van der Waals surface area contributed by atoms with E-state index < -0.39 is 85.0 Å².